The molecule has 5 nitrogen and oxygen atoms in total. The van der Waals surface area contributed by atoms with E-state index in [9.17, 15) is 4.79 Å². The Hall–Kier alpha value is -1.65. The average molecular weight is 383 g/mol. The van der Waals surface area contributed by atoms with Crippen LogP contribution >= 0.6 is 0 Å². The van der Waals surface area contributed by atoms with Crippen LogP contribution in [0.2, 0.25) is 0 Å². The highest BCUT2D eigenvalue weighted by atomic mass is 16.2. The van der Waals surface area contributed by atoms with Gasteiger partial charge >= 0.3 is 0 Å². The number of hydrogen-bond acceptors (Lipinski definition) is 4. The number of amides is 1. The number of aryl methyl sites for hydroxylation is 1. The largest absolute Gasteiger partial charge is 0.354 e. The maximum Gasteiger partial charge on any atom is 0.223 e. The molecule has 3 saturated heterocycles. The smallest absolute Gasteiger partial charge is 0.223 e. The van der Waals surface area contributed by atoms with Gasteiger partial charge in [0.05, 0.1) is 5.69 Å². The molecule has 5 rings (SSSR count). The lowest BCUT2D eigenvalue weighted by molar-refractivity contribution is -0.149. The monoisotopic (exact) mass is 382 g/mol. The van der Waals surface area contributed by atoms with E-state index in [1.807, 2.05) is 6.20 Å². The molecule has 0 aromatic carbocycles. The number of rotatable bonds is 3. The highest BCUT2D eigenvalue weighted by Gasteiger charge is 2.50. The van der Waals surface area contributed by atoms with Crippen LogP contribution in [0.5, 0.6) is 0 Å². The molecule has 0 unspecified atom stereocenters. The van der Waals surface area contributed by atoms with Crippen molar-refractivity contribution in [1.29, 1.82) is 0 Å². The number of carbonyl (C=O) groups is 1. The van der Waals surface area contributed by atoms with Crippen molar-refractivity contribution >= 4 is 11.7 Å². The number of aromatic nitrogens is 2. The third-order valence-corrected chi connectivity index (χ3v) is 7.95. The summed E-state index contributed by atoms with van der Waals surface area (Å²) in [5, 5.41) is 0. The van der Waals surface area contributed by atoms with E-state index in [0.29, 0.717) is 29.8 Å². The molecule has 3 aliphatic heterocycles. The average Bonchev–Trinajstić information content (AvgIpc) is 2.72. The van der Waals surface area contributed by atoms with Crippen molar-refractivity contribution in [2.24, 2.45) is 17.8 Å². The fourth-order valence-corrected chi connectivity index (χ4v) is 6.73. The van der Waals surface area contributed by atoms with Gasteiger partial charge in [-0.25, -0.2) is 4.98 Å². The minimum Gasteiger partial charge on any atom is -0.354 e. The van der Waals surface area contributed by atoms with Crippen molar-refractivity contribution in [2.45, 2.75) is 83.2 Å². The van der Waals surface area contributed by atoms with Gasteiger partial charge in [-0.2, -0.15) is 0 Å². The predicted octanol–water partition coefficient (Wildman–Crippen LogP) is 3.96. The van der Waals surface area contributed by atoms with Gasteiger partial charge in [0.15, 0.2) is 0 Å². The molecule has 1 aliphatic carbocycles. The highest BCUT2D eigenvalue weighted by molar-refractivity contribution is 5.78. The molecule has 5 heteroatoms. The minimum absolute atomic E-state index is 0.441. The van der Waals surface area contributed by atoms with Gasteiger partial charge in [-0.05, 0) is 50.4 Å². The van der Waals surface area contributed by atoms with Gasteiger partial charge in [-0.1, -0.05) is 32.1 Å². The molecule has 0 spiro atoms. The van der Waals surface area contributed by atoms with E-state index in [1.54, 1.807) is 6.20 Å². The molecule has 4 heterocycles. The molecule has 4 atom stereocenters. The fraction of sp³-hybridized carbons (Fsp3) is 0.783. The summed E-state index contributed by atoms with van der Waals surface area (Å²) in [5.41, 5.74) is 1.03. The lowest BCUT2D eigenvalue weighted by Crippen LogP contribution is -2.65. The van der Waals surface area contributed by atoms with Crippen molar-refractivity contribution in [3.05, 3.63) is 18.1 Å². The van der Waals surface area contributed by atoms with Crippen LogP contribution in [-0.4, -0.2) is 45.9 Å². The molecule has 0 radical (unpaired) electrons. The van der Waals surface area contributed by atoms with Crippen LogP contribution in [0.25, 0.3) is 0 Å². The van der Waals surface area contributed by atoms with Crippen molar-refractivity contribution in [2.75, 3.05) is 18.0 Å². The molecule has 4 fully saturated rings. The minimum atomic E-state index is 0.441. The second-order valence-corrected chi connectivity index (χ2v) is 9.69. The van der Waals surface area contributed by atoms with Crippen molar-refractivity contribution in [1.82, 2.24) is 14.9 Å². The molecule has 2 bridgehead atoms. The van der Waals surface area contributed by atoms with Crippen LogP contribution in [0.15, 0.2) is 12.4 Å². The number of anilines is 1. The van der Waals surface area contributed by atoms with Crippen molar-refractivity contribution in [3.63, 3.8) is 0 Å². The Balaban J connectivity index is 1.43. The summed E-state index contributed by atoms with van der Waals surface area (Å²) < 4.78 is 0. The van der Waals surface area contributed by atoms with Gasteiger partial charge in [0.2, 0.25) is 5.91 Å². The number of hydrogen-bond donors (Lipinski definition) is 0. The zero-order chi connectivity index (χ0) is 19.1. The standard InChI is InChI=1S/C23H34N4O/c1-16-23(25-11-10-24-16)26-14-18-13-19(15-26)21(12-17-6-3-2-4-7-17)27-20(18)8-5-9-22(27)28/h10-11,17-21H,2-9,12-15H2,1H3/t18-,19+,20+,21+/m1/s1. The van der Waals surface area contributed by atoms with Crippen LogP contribution in [-0.2, 0) is 4.79 Å². The summed E-state index contributed by atoms with van der Waals surface area (Å²) in [6, 6.07) is 0.891. The normalized spacial score (nSPS) is 33.7. The van der Waals surface area contributed by atoms with Gasteiger partial charge in [0, 0.05) is 44.0 Å². The van der Waals surface area contributed by atoms with Gasteiger partial charge in [-0.15, -0.1) is 0 Å². The Bertz CT molecular complexity index is 716. The first-order valence-corrected chi connectivity index (χ1v) is 11.5. The summed E-state index contributed by atoms with van der Waals surface area (Å²) in [4.78, 5) is 27.1. The van der Waals surface area contributed by atoms with E-state index in [4.69, 9.17) is 0 Å². The van der Waals surface area contributed by atoms with E-state index in [1.165, 1.54) is 51.4 Å². The first kappa shape index (κ1) is 18.4. The van der Waals surface area contributed by atoms with E-state index in [-0.39, 0.29) is 0 Å². The van der Waals surface area contributed by atoms with Crippen LogP contribution in [0, 0.1) is 24.7 Å². The number of carbonyl (C=O) groups excluding carboxylic acids is 1. The summed E-state index contributed by atoms with van der Waals surface area (Å²) >= 11 is 0. The second-order valence-electron chi connectivity index (χ2n) is 9.69. The third kappa shape index (κ3) is 3.31. The van der Waals surface area contributed by atoms with Crippen molar-refractivity contribution in [3.8, 4) is 0 Å². The molecule has 1 aromatic heterocycles. The van der Waals surface area contributed by atoms with Gasteiger partial charge < -0.3 is 9.80 Å². The maximum atomic E-state index is 13.0. The topological polar surface area (TPSA) is 49.3 Å². The van der Waals surface area contributed by atoms with Crippen molar-refractivity contribution < 1.29 is 4.79 Å². The molecule has 1 amide bonds. The Kier molecular flexibility index (Phi) is 5.02. The maximum absolute atomic E-state index is 13.0. The number of nitrogens with zero attached hydrogens (tertiary/aromatic N) is 4. The van der Waals surface area contributed by atoms with Crippen LogP contribution in [0.1, 0.15) is 69.9 Å². The first-order chi connectivity index (χ1) is 13.7. The Morgan fingerprint density at radius 2 is 1.79 bits per heavy atom. The second kappa shape index (κ2) is 7.64. The first-order valence-electron chi connectivity index (χ1n) is 11.5. The highest BCUT2D eigenvalue weighted by Crippen LogP contribution is 2.45. The Morgan fingerprint density at radius 1 is 1.00 bits per heavy atom. The van der Waals surface area contributed by atoms with Gasteiger partial charge in [-0.3, -0.25) is 9.78 Å². The fourth-order valence-electron chi connectivity index (χ4n) is 6.73. The van der Waals surface area contributed by atoms with E-state index in [0.717, 1.165) is 43.4 Å². The SMILES string of the molecule is Cc1nccnc1N1C[C@H]2C[C@@H](C1)[C@H](CC1CCCCC1)N1C(=O)CCC[C@@H]21. The zero-order valence-electron chi connectivity index (χ0n) is 17.2. The van der Waals surface area contributed by atoms with Gasteiger partial charge in [0.25, 0.3) is 0 Å². The molecule has 1 aromatic rings. The van der Waals surface area contributed by atoms with E-state index >= 15 is 0 Å². The van der Waals surface area contributed by atoms with Crippen LogP contribution in [0.4, 0.5) is 5.82 Å². The molecule has 28 heavy (non-hydrogen) atoms. The molecule has 152 valence electrons. The summed E-state index contributed by atoms with van der Waals surface area (Å²) in [6.07, 6.45) is 16.1. The summed E-state index contributed by atoms with van der Waals surface area (Å²) in [5.74, 6) is 3.49. The number of piperidine rings is 3. The summed E-state index contributed by atoms with van der Waals surface area (Å²) in [7, 11) is 0. The quantitative estimate of drug-likeness (QED) is 0.794. The lowest BCUT2D eigenvalue weighted by Gasteiger charge is -2.57. The Labute approximate surface area is 168 Å². The van der Waals surface area contributed by atoms with E-state index in [2.05, 4.69) is 26.7 Å². The Morgan fingerprint density at radius 3 is 2.61 bits per heavy atom. The van der Waals surface area contributed by atoms with Crippen LogP contribution < -0.4 is 4.90 Å². The van der Waals surface area contributed by atoms with E-state index < -0.39 is 0 Å². The van der Waals surface area contributed by atoms with Gasteiger partial charge in [0.1, 0.15) is 5.82 Å². The molecule has 0 N–H and O–H groups in total. The lowest BCUT2D eigenvalue weighted by atomic mass is 9.69. The van der Waals surface area contributed by atoms with Crippen LogP contribution in [0.3, 0.4) is 0 Å². The predicted molar refractivity (Wildman–Crippen MR) is 110 cm³/mol. The molecule has 4 aliphatic rings. The molecular formula is C23H34N4O. The molecular weight excluding hydrogens is 348 g/mol. The number of fused-ring (bicyclic) bond motifs is 4. The zero-order valence-corrected chi connectivity index (χ0v) is 17.2. The summed E-state index contributed by atoms with van der Waals surface area (Å²) in [6.45, 7) is 4.13. The third-order valence-electron chi connectivity index (χ3n) is 7.95. The molecule has 1 saturated carbocycles.